The number of Topliss-reactive ketones (excluding diaryl/α,β-unsaturated/α-hetero) is 1. The van der Waals surface area contributed by atoms with E-state index in [0.717, 1.165) is 37.2 Å². The van der Waals surface area contributed by atoms with Crippen molar-refractivity contribution in [2.24, 2.45) is 23.7 Å². The molecule has 0 saturated heterocycles. The topological polar surface area (TPSA) is 26.3 Å². The van der Waals surface area contributed by atoms with E-state index in [1.165, 1.54) is 42.4 Å². The Morgan fingerprint density at radius 3 is 2.53 bits per heavy atom. The lowest BCUT2D eigenvalue weighted by atomic mass is 9.72. The summed E-state index contributed by atoms with van der Waals surface area (Å²) in [5.74, 6) is 4.02. The monoisotopic (exact) mass is 454 g/mol. The molecule has 0 heterocycles. The molecule has 2 heteroatoms. The van der Waals surface area contributed by atoms with Crippen LogP contribution in [0.5, 0.6) is 5.75 Å². The van der Waals surface area contributed by atoms with Gasteiger partial charge in [-0.15, -0.1) is 0 Å². The molecule has 0 bridgehead atoms. The molecular formula is C32H38O2. The highest BCUT2D eigenvalue weighted by Gasteiger charge is 2.38. The first-order valence-corrected chi connectivity index (χ1v) is 12.9. The molecule has 0 N–H and O–H groups in total. The van der Waals surface area contributed by atoms with Crippen molar-refractivity contribution in [1.29, 1.82) is 0 Å². The first-order chi connectivity index (χ1) is 16.6. The van der Waals surface area contributed by atoms with Crippen LogP contribution >= 0.6 is 0 Å². The van der Waals surface area contributed by atoms with Crippen molar-refractivity contribution >= 4 is 5.78 Å². The molecule has 2 atom stereocenters. The van der Waals surface area contributed by atoms with Crippen LogP contribution in [0, 0.1) is 23.7 Å². The molecule has 0 aromatic heterocycles. The number of allylic oxidation sites excluding steroid dienone is 9. The van der Waals surface area contributed by atoms with Crippen LogP contribution in [0.2, 0.25) is 0 Å². The van der Waals surface area contributed by atoms with Gasteiger partial charge in [0.1, 0.15) is 17.3 Å². The number of ketones is 1. The Morgan fingerprint density at radius 1 is 1.12 bits per heavy atom. The molecule has 1 aromatic carbocycles. The Balaban J connectivity index is 1.27. The van der Waals surface area contributed by atoms with Gasteiger partial charge in [0, 0.05) is 12.3 Å². The molecule has 34 heavy (non-hydrogen) atoms. The summed E-state index contributed by atoms with van der Waals surface area (Å²) < 4.78 is 5.88. The van der Waals surface area contributed by atoms with Gasteiger partial charge in [-0.1, -0.05) is 55.7 Å². The standard InChI is InChI=1S/C32H38O2/c1-4-6-11-30(5-2)34-31-18-12-24(13-19-31)20-29-21-28(22-32(29)33)27-16-14-26(15-17-27)23(3)25-9-7-8-10-25/h4-9,11-13,18-19,26-29H,2-3,10,14-17,20-22H2,1H3. The van der Waals surface area contributed by atoms with Crippen molar-refractivity contribution in [3.63, 3.8) is 0 Å². The number of benzene rings is 1. The van der Waals surface area contributed by atoms with Crippen LogP contribution in [0.25, 0.3) is 0 Å². The average Bonchev–Trinajstić information content (AvgIpc) is 3.53. The third kappa shape index (κ3) is 5.97. The third-order valence-corrected chi connectivity index (χ3v) is 7.92. The highest BCUT2D eigenvalue weighted by molar-refractivity contribution is 5.83. The number of carbonyl (C=O) groups excluding carboxylic acids is 1. The largest absolute Gasteiger partial charge is 0.457 e. The fourth-order valence-electron chi connectivity index (χ4n) is 5.90. The maximum absolute atomic E-state index is 12.9. The lowest BCUT2D eigenvalue weighted by Crippen LogP contribution is -2.22. The maximum atomic E-state index is 12.9. The molecule has 3 aliphatic carbocycles. The van der Waals surface area contributed by atoms with Gasteiger partial charge in [-0.05, 0) is 111 Å². The Bertz CT molecular complexity index is 1010. The molecule has 0 radical (unpaired) electrons. The molecule has 2 unspecified atom stereocenters. The predicted octanol–water partition coefficient (Wildman–Crippen LogP) is 8.10. The van der Waals surface area contributed by atoms with Gasteiger partial charge in [-0.25, -0.2) is 0 Å². The van der Waals surface area contributed by atoms with E-state index in [2.05, 4.69) is 43.5 Å². The number of hydrogen-bond acceptors (Lipinski definition) is 2. The van der Waals surface area contributed by atoms with Crippen LogP contribution < -0.4 is 4.74 Å². The van der Waals surface area contributed by atoms with E-state index in [9.17, 15) is 4.79 Å². The molecule has 2 nitrogen and oxygen atoms in total. The Labute approximate surface area is 205 Å². The summed E-state index contributed by atoms with van der Waals surface area (Å²) in [6, 6.07) is 8.16. The lowest BCUT2D eigenvalue weighted by Gasteiger charge is -2.33. The smallest absolute Gasteiger partial charge is 0.136 e. The molecule has 178 valence electrons. The maximum Gasteiger partial charge on any atom is 0.136 e. The molecule has 0 aliphatic heterocycles. The summed E-state index contributed by atoms with van der Waals surface area (Å²) in [5, 5.41) is 0. The Hall–Kier alpha value is -2.87. The zero-order valence-corrected chi connectivity index (χ0v) is 20.5. The van der Waals surface area contributed by atoms with Crippen LogP contribution in [0.15, 0.2) is 96.9 Å². The minimum atomic E-state index is 0.164. The van der Waals surface area contributed by atoms with Gasteiger partial charge in [0.2, 0.25) is 0 Å². The highest BCUT2D eigenvalue weighted by atomic mass is 16.5. The number of rotatable bonds is 9. The summed E-state index contributed by atoms with van der Waals surface area (Å²) in [6.07, 6.45) is 22.7. The summed E-state index contributed by atoms with van der Waals surface area (Å²) in [7, 11) is 0. The van der Waals surface area contributed by atoms with E-state index < -0.39 is 0 Å². The average molecular weight is 455 g/mol. The first-order valence-electron chi connectivity index (χ1n) is 12.9. The second kappa shape index (κ2) is 11.5. The summed E-state index contributed by atoms with van der Waals surface area (Å²) in [4.78, 5) is 12.9. The molecule has 2 fully saturated rings. The lowest BCUT2D eigenvalue weighted by molar-refractivity contribution is -0.120. The van der Waals surface area contributed by atoms with Crippen LogP contribution in [-0.4, -0.2) is 5.78 Å². The van der Waals surface area contributed by atoms with E-state index >= 15 is 0 Å². The molecule has 0 spiro atoms. The van der Waals surface area contributed by atoms with Gasteiger partial charge in [0.25, 0.3) is 0 Å². The second-order valence-electron chi connectivity index (χ2n) is 10.1. The van der Waals surface area contributed by atoms with E-state index in [0.29, 0.717) is 23.5 Å². The van der Waals surface area contributed by atoms with Gasteiger partial charge >= 0.3 is 0 Å². The van der Waals surface area contributed by atoms with E-state index in [1.807, 2.05) is 37.3 Å². The normalized spacial score (nSPS) is 27.3. The zero-order chi connectivity index (χ0) is 23.9. The minimum absolute atomic E-state index is 0.164. The van der Waals surface area contributed by atoms with Crippen molar-refractivity contribution in [2.45, 2.75) is 58.3 Å². The first kappa shape index (κ1) is 24.3. The van der Waals surface area contributed by atoms with Gasteiger partial charge < -0.3 is 4.74 Å². The number of hydrogen-bond donors (Lipinski definition) is 0. The fraction of sp³-hybridized carbons (Fsp3) is 0.406. The van der Waals surface area contributed by atoms with Gasteiger partial charge in [-0.2, -0.15) is 0 Å². The molecule has 2 saturated carbocycles. The van der Waals surface area contributed by atoms with E-state index in [4.69, 9.17) is 4.74 Å². The molecular weight excluding hydrogens is 416 g/mol. The second-order valence-corrected chi connectivity index (χ2v) is 10.1. The van der Waals surface area contributed by atoms with Gasteiger partial charge in [0.15, 0.2) is 0 Å². The molecule has 3 aliphatic rings. The fourth-order valence-corrected chi connectivity index (χ4v) is 5.90. The molecule has 1 aromatic rings. The highest BCUT2D eigenvalue weighted by Crippen LogP contribution is 2.45. The van der Waals surface area contributed by atoms with Crippen LogP contribution in [0.4, 0.5) is 0 Å². The van der Waals surface area contributed by atoms with Crippen molar-refractivity contribution in [1.82, 2.24) is 0 Å². The van der Waals surface area contributed by atoms with Gasteiger partial charge in [0.05, 0.1) is 0 Å². The van der Waals surface area contributed by atoms with Crippen molar-refractivity contribution < 1.29 is 9.53 Å². The van der Waals surface area contributed by atoms with Crippen molar-refractivity contribution in [2.75, 3.05) is 0 Å². The van der Waals surface area contributed by atoms with Gasteiger partial charge in [-0.3, -0.25) is 4.79 Å². The zero-order valence-electron chi connectivity index (χ0n) is 20.5. The molecule has 4 rings (SSSR count). The summed E-state index contributed by atoms with van der Waals surface area (Å²) in [6.45, 7) is 10.2. The van der Waals surface area contributed by atoms with Crippen LogP contribution in [-0.2, 0) is 11.2 Å². The van der Waals surface area contributed by atoms with Crippen molar-refractivity contribution in [3.05, 3.63) is 102 Å². The predicted molar refractivity (Wildman–Crippen MR) is 142 cm³/mol. The quantitative estimate of drug-likeness (QED) is 0.278. The number of ether oxygens (including phenoxy) is 1. The minimum Gasteiger partial charge on any atom is -0.457 e. The Kier molecular flexibility index (Phi) is 8.21. The summed E-state index contributed by atoms with van der Waals surface area (Å²) >= 11 is 0. The van der Waals surface area contributed by atoms with E-state index in [1.54, 1.807) is 6.08 Å². The SMILES string of the molecule is C=CC(=CC=CC)Oc1ccc(CC2CC(C3CCC(C(=C)C4=CC=CC4)CC3)CC2=O)cc1. The van der Waals surface area contributed by atoms with Crippen LogP contribution in [0.3, 0.4) is 0 Å². The summed E-state index contributed by atoms with van der Waals surface area (Å²) in [5.41, 5.74) is 3.99. The third-order valence-electron chi connectivity index (χ3n) is 7.92. The Morgan fingerprint density at radius 2 is 1.88 bits per heavy atom. The van der Waals surface area contributed by atoms with E-state index in [-0.39, 0.29) is 5.92 Å². The molecule has 0 amide bonds. The van der Waals surface area contributed by atoms with Crippen LogP contribution in [0.1, 0.15) is 57.4 Å². The number of carbonyl (C=O) groups is 1. The van der Waals surface area contributed by atoms with Crippen molar-refractivity contribution in [3.8, 4) is 5.75 Å².